The van der Waals surface area contributed by atoms with Crippen molar-refractivity contribution in [2.24, 2.45) is 0 Å². The van der Waals surface area contributed by atoms with E-state index in [0.29, 0.717) is 11.5 Å². The summed E-state index contributed by atoms with van der Waals surface area (Å²) in [5.41, 5.74) is 2.51. The van der Waals surface area contributed by atoms with E-state index in [1.165, 1.54) is 11.2 Å². The van der Waals surface area contributed by atoms with E-state index in [1.807, 2.05) is 32.9 Å². The number of fused-ring (bicyclic) bond motifs is 6. The zero-order valence-electron chi connectivity index (χ0n) is 26.9. The molecule has 0 bridgehead atoms. The Morgan fingerprint density at radius 3 is 2.23 bits per heavy atom. The lowest BCUT2D eigenvalue weighted by molar-refractivity contribution is -0.175. The third-order valence-electron chi connectivity index (χ3n) is 9.69. The average Bonchev–Trinajstić information content (AvgIpc) is 3.50. The molecular weight excluding hydrogens is 603 g/mol. The first-order chi connectivity index (χ1) is 20.4. The van der Waals surface area contributed by atoms with Gasteiger partial charge in [-0.2, -0.15) is 4.31 Å². The summed E-state index contributed by atoms with van der Waals surface area (Å²) in [6.45, 7) is 17.8. The number of rotatable bonds is 5. The van der Waals surface area contributed by atoms with Crippen molar-refractivity contribution >= 4 is 24.3 Å². The summed E-state index contributed by atoms with van der Waals surface area (Å²) < 4.78 is 68.5. The fourth-order valence-corrected chi connectivity index (χ4v) is 9.56. The molecule has 4 aliphatic rings. The molecule has 0 amide bonds. The van der Waals surface area contributed by atoms with Crippen LogP contribution < -0.4 is 9.47 Å². The fraction of sp³-hybridized carbons (Fsp3) is 0.594. The Morgan fingerprint density at radius 1 is 1.00 bits per heavy atom. The average molecular weight is 646 g/mol. The fourth-order valence-electron chi connectivity index (χ4n) is 6.62. The number of nitrogens with zero attached hydrogens (tertiary/aromatic N) is 1. The molecule has 3 heterocycles. The Labute approximate surface area is 261 Å². The second kappa shape index (κ2) is 10.5. The largest absolute Gasteiger partial charge is 0.459 e. The van der Waals surface area contributed by atoms with Crippen molar-refractivity contribution in [2.75, 3.05) is 6.79 Å². The molecular formula is C32H43NO9SSi. The minimum absolute atomic E-state index is 0.0664. The number of hydrogen-bond acceptors (Lipinski definition) is 9. The summed E-state index contributed by atoms with van der Waals surface area (Å²) in [6, 6.07) is 9.77. The Kier molecular flexibility index (Phi) is 7.54. The highest BCUT2D eigenvalue weighted by Crippen LogP contribution is 2.54. The second-order valence-electron chi connectivity index (χ2n) is 14.3. The maximum absolute atomic E-state index is 14.6. The lowest BCUT2D eigenvalue weighted by Crippen LogP contribution is -2.68. The molecule has 1 saturated heterocycles. The highest BCUT2D eigenvalue weighted by molar-refractivity contribution is 7.89. The minimum atomic E-state index is -4.06. The third-order valence-corrected chi connectivity index (χ3v) is 16.0. The van der Waals surface area contributed by atoms with Gasteiger partial charge in [-0.1, -0.05) is 38.5 Å². The van der Waals surface area contributed by atoms with Gasteiger partial charge >= 0.3 is 5.97 Å². The molecule has 3 aliphatic heterocycles. The maximum Gasteiger partial charge on any atom is 0.303 e. The zero-order chi connectivity index (χ0) is 32.0. The van der Waals surface area contributed by atoms with E-state index in [0.717, 1.165) is 16.7 Å². The lowest BCUT2D eigenvalue weighted by atomic mass is 9.70. The summed E-state index contributed by atoms with van der Waals surface area (Å²) in [5, 5.41) is -0.160. The van der Waals surface area contributed by atoms with Gasteiger partial charge in [-0.15, -0.1) is 0 Å². The molecule has 6 atom stereocenters. The van der Waals surface area contributed by atoms with Crippen LogP contribution in [0.3, 0.4) is 0 Å². The van der Waals surface area contributed by atoms with Crippen molar-refractivity contribution in [1.29, 1.82) is 0 Å². The molecule has 0 N–H and O–H groups in total. The number of esters is 1. The lowest BCUT2D eigenvalue weighted by Gasteiger charge is -2.54. The smallest absolute Gasteiger partial charge is 0.303 e. The van der Waals surface area contributed by atoms with Gasteiger partial charge in [0, 0.05) is 19.4 Å². The molecule has 2 fully saturated rings. The van der Waals surface area contributed by atoms with Crippen LogP contribution in [0.25, 0.3) is 0 Å². The monoisotopic (exact) mass is 645 g/mol. The molecule has 12 heteroatoms. The summed E-state index contributed by atoms with van der Waals surface area (Å²) in [6.07, 6.45) is -3.00. The van der Waals surface area contributed by atoms with Gasteiger partial charge in [0.2, 0.25) is 16.8 Å². The molecule has 10 nitrogen and oxygen atoms in total. The number of carbonyl (C=O) groups excluding carboxylic acids is 1. The van der Waals surface area contributed by atoms with Crippen LogP contribution in [0.1, 0.15) is 64.2 Å². The normalized spacial score (nSPS) is 29.5. The van der Waals surface area contributed by atoms with Gasteiger partial charge in [-0.25, -0.2) is 8.42 Å². The molecule has 0 aromatic heterocycles. The number of hydrogen-bond donors (Lipinski definition) is 0. The van der Waals surface area contributed by atoms with Gasteiger partial charge < -0.3 is 28.1 Å². The molecule has 1 aliphatic carbocycles. The minimum Gasteiger partial charge on any atom is -0.459 e. The van der Waals surface area contributed by atoms with Gasteiger partial charge in [-0.3, -0.25) is 4.79 Å². The van der Waals surface area contributed by atoms with E-state index in [4.69, 9.17) is 28.1 Å². The van der Waals surface area contributed by atoms with Crippen molar-refractivity contribution in [1.82, 2.24) is 4.31 Å². The number of ether oxygens (including phenoxy) is 5. The Bertz CT molecular complexity index is 1570. The predicted molar refractivity (Wildman–Crippen MR) is 164 cm³/mol. The van der Waals surface area contributed by atoms with E-state index >= 15 is 0 Å². The molecule has 6 rings (SSSR count). The van der Waals surface area contributed by atoms with Crippen molar-refractivity contribution in [3.63, 3.8) is 0 Å². The van der Waals surface area contributed by atoms with E-state index in [-0.39, 0.29) is 23.3 Å². The van der Waals surface area contributed by atoms with Crippen LogP contribution in [0.15, 0.2) is 41.3 Å². The standard InChI is InChI=1S/C32H43NO9SSi/c1-18-10-12-21(13-11-18)43(35,36)33-16-20-14-23-24(38-17-37-23)15-22(20)25-26(33)28-29(41-32(6,7)40-28)30(27(25)39-19(2)34)42-44(8,9)31(3,4)5/h10-15,25-30H,16-17H2,1-9H3/t25-,26+,27+,28-,29-,30-/m0/s1. The summed E-state index contributed by atoms with van der Waals surface area (Å²) in [7, 11) is -6.53. The van der Waals surface area contributed by atoms with Gasteiger partial charge in [0.15, 0.2) is 25.6 Å². The van der Waals surface area contributed by atoms with Crippen molar-refractivity contribution in [2.45, 2.75) is 120 Å². The maximum atomic E-state index is 14.6. The van der Waals surface area contributed by atoms with E-state index in [1.54, 1.807) is 24.3 Å². The number of aryl methyl sites for hydroxylation is 1. The Balaban J connectivity index is 1.58. The van der Waals surface area contributed by atoms with Gasteiger partial charge in [0.1, 0.15) is 24.4 Å². The molecule has 0 unspecified atom stereocenters. The van der Waals surface area contributed by atoms with Gasteiger partial charge in [0.25, 0.3) is 0 Å². The van der Waals surface area contributed by atoms with Crippen LogP contribution in [0.2, 0.25) is 18.1 Å². The molecule has 240 valence electrons. The molecule has 0 spiro atoms. The first-order valence-corrected chi connectivity index (χ1v) is 19.5. The van der Waals surface area contributed by atoms with Crippen LogP contribution in [0.4, 0.5) is 0 Å². The first-order valence-electron chi connectivity index (χ1n) is 15.1. The van der Waals surface area contributed by atoms with E-state index in [2.05, 4.69) is 33.9 Å². The molecule has 2 aromatic rings. The van der Waals surface area contributed by atoms with Crippen molar-refractivity contribution in [3.8, 4) is 11.5 Å². The zero-order valence-corrected chi connectivity index (χ0v) is 28.7. The molecule has 2 aromatic carbocycles. The van der Waals surface area contributed by atoms with Crippen LogP contribution in [0.5, 0.6) is 11.5 Å². The van der Waals surface area contributed by atoms with Crippen LogP contribution in [0, 0.1) is 6.92 Å². The Hall–Kier alpha value is -2.48. The van der Waals surface area contributed by atoms with E-state index < -0.39 is 66.5 Å². The number of sulfonamides is 1. The SMILES string of the molecule is CC(=O)O[C@H]1[C@H](O[Si](C)(C)C(C)(C)C)[C@H]2OC(C)(C)O[C@H]2[C@H]2[C@@H]1c1cc3c(cc1CN2S(=O)(=O)c1ccc(C)cc1)OCO3. The molecule has 1 saturated carbocycles. The van der Waals surface area contributed by atoms with Crippen molar-refractivity contribution in [3.05, 3.63) is 53.1 Å². The van der Waals surface area contributed by atoms with Crippen LogP contribution in [-0.4, -0.2) is 70.0 Å². The first kappa shape index (κ1) is 31.5. The predicted octanol–water partition coefficient (Wildman–Crippen LogP) is 5.24. The van der Waals surface area contributed by atoms with Crippen LogP contribution in [-0.2, 0) is 40.0 Å². The highest BCUT2D eigenvalue weighted by atomic mass is 32.2. The number of carbonyl (C=O) groups is 1. The summed E-state index contributed by atoms with van der Waals surface area (Å²) >= 11 is 0. The van der Waals surface area contributed by atoms with Gasteiger partial charge in [0.05, 0.1) is 10.9 Å². The molecule has 0 radical (unpaired) electrons. The van der Waals surface area contributed by atoms with Gasteiger partial charge in [-0.05, 0) is 74.3 Å². The van der Waals surface area contributed by atoms with Crippen molar-refractivity contribution < 1.29 is 41.3 Å². The second-order valence-corrected chi connectivity index (χ2v) is 20.9. The Morgan fingerprint density at radius 2 is 1.61 bits per heavy atom. The summed E-state index contributed by atoms with van der Waals surface area (Å²) in [4.78, 5) is 13.0. The topological polar surface area (TPSA) is 110 Å². The van der Waals surface area contributed by atoms with E-state index in [9.17, 15) is 13.2 Å². The summed E-state index contributed by atoms with van der Waals surface area (Å²) in [5.74, 6) is -1.06. The highest BCUT2D eigenvalue weighted by Gasteiger charge is 2.65. The molecule has 44 heavy (non-hydrogen) atoms. The van der Waals surface area contributed by atoms with Crippen LogP contribution >= 0.6 is 0 Å². The third kappa shape index (κ3) is 5.27. The quantitative estimate of drug-likeness (QED) is 0.319. The number of benzene rings is 2.